The zero-order chi connectivity index (χ0) is 15.2. The summed E-state index contributed by atoms with van der Waals surface area (Å²) in [6, 6.07) is 1.32. The number of nitrogens with one attached hydrogen (secondary N) is 2. The minimum atomic E-state index is -3.69. The predicted octanol–water partition coefficient (Wildman–Crippen LogP) is 0.711. The molecule has 0 aromatic carbocycles. The number of nitrogens with zero attached hydrogens (tertiary/aromatic N) is 1. The highest BCUT2D eigenvalue weighted by Gasteiger charge is 2.16. The van der Waals surface area contributed by atoms with Crippen LogP contribution >= 0.6 is 11.6 Å². The van der Waals surface area contributed by atoms with Gasteiger partial charge in [0.05, 0.1) is 5.02 Å². The van der Waals surface area contributed by atoms with E-state index in [0.29, 0.717) is 18.8 Å². The topological polar surface area (TPSA) is 114 Å². The molecule has 0 aliphatic rings. The van der Waals surface area contributed by atoms with Crippen LogP contribution in [0.5, 0.6) is 0 Å². The van der Waals surface area contributed by atoms with Gasteiger partial charge in [0.15, 0.2) is 0 Å². The van der Waals surface area contributed by atoms with Gasteiger partial charge in [-0.25, -0.2) is 18.1 Å². The summed E-state index contributed by atoms with van der Waals surface area (Å²) in [5.41, 5.74) is 4.97. The number of primary amides is 1. The van der Waals surface area contributed by atoms with Crippen LogP contribution in [0.4, 0.5) is 5.82 Å². The van der Waals surface area contributed by atoms with Crippen LogP contribution < -0.4 is 15.8 Å². The lowest BCUT2D eigenvalue weighted by atomic mass is 10.3. The first kappa shape index (κ1) is 16.7. The number of carbonyl (C=O) groups is 1. The summed E-state index contributed by atoms with van der Waals surface area (Å²) < 4.78 is 26.3. The van der Waals surface area contributed by atoms with Crippen molar-refractivity contribution in [3.05, 3.63) is 17.3 Å². The lowest BCUT2D eigenvalue weighted by molar-refractivity contribution is -0.118. The van der Waals surface area contributed by atoms with Crippen molar-refractivity contribution in [3.63, 3.8) is 0 Å². The summed E-state index contributed by atoms with van der Waals surface area (Å²) in [7, 11) is -3.69. The van der Waals surface area contributed by atoms with Gasteiger partial charge in [0, 0.05) is 25.7 Å². The fourth-order valence-electron chi connectivity index (χ4n) is 1.42. The van der Waals surface area contributed by atoms with Gasteiger partial charge in [-0.3, -0.25) is 4.79 Å². The molecule has 0 unspecified atom stereocenters. The Morgan fingerprint density at radius 2 is 2.20 bits per heavy atom. The van der Waals surface area contributed by atoms with E-state index in [-0.39, 0.29) is 22.9 Å². The van der Waals surface area contributed by atoms with Gasteiger partial charge in [-0.1, -0.05) is 11.6 Å². The molecule has 1 aromatic rings. The molecule has 0 saturated heterocycles. The molecule has 1 rings (SSSR count). The molecule has 9 heteroatoms. The Kier molecular flexibility index (Phi) is 6.18. The van der Waals surface area contributed by atoms with E-state index in [1.165, 1.54) is 12.3 Å². The Morgan fingerprint density at radius 3 is 2.75 bits per heavy atom. The number of pyridine rings is 1. The van der Waals surface area contributed by atoms with Gasteiger partial charge in [-0.05, 0) is 19.4 Å². The molecule has 0 saturated carbocycles. The fraction of sp³-hybridized carbons (Fsp3) is 0.455. The molecule has 4 N–H and O–H groups in total. The number of amides is 1. The Labute approximate surface area is 123 Å². The highest BCUT2D eigenvalue weighted by molar-refractivity contribution is 7.89. The number of anilines is 1. The summed E-state index contributed by atoms with van der Waals surface area (Å²) in [5.74, 6) is -0.0363. The Hall–Kier alpha value is -1.38. The van der Waals surface area contributed by atoms with E-state index in [4.69, 9.17) is 17.3 Å². The predicted molar refractivity (Wildman–Crippen MR) is 77.0 cm³/mol. The molecule has 7 nitrogen and oxygen atoms in total. The van der Waals surface area contributed by atoms with Gasteiger partial charge in [0.2, 0.25) is 15.9 Å². The van der Waals surface area contributed by atoms with Gasteiger partial charge in [-0.15, -0.1) is 0 Å². The molecule has 1 heterocycles. The third kappa shape index (κ3) is 4.95. The van der Waals surface area contributed by atoms with Crippen LogP contribution in [0.25, 0.3) is 0 Å². The molecule has 0 bridgehead atoms. The Balaban J connectivity index is 2.72. The van der Waals surface area contributed by atoms with Gasteiger partial charge >= 0.3 is 0 Å². The van der Waals surface area contributed by atoms with Crippen LogP contribution in [-0.2, 0) is 14.8 Å². The van der Waals surface area contributed by atoms with Gasteiger partial charge in [0.25, 0.3) is 0 Å². The normalized spacial score (nSPS) is 11.3. The molecular formula is C11H17ClN4O3S. The third-order valence-electron chi connectivity index (χ3n) is 2.36. The molecule has 112 valence electrons. The van der Waals surface area contributed by atoms with Crippen molar-refractivity contribution >= 4 is 33.3 Å². The summed E-state index contributed by atoms with van der Waals surface area (Å²) in [5, 5.41) is 3.14. The second-order valence-corrected chi connectivity index (χ2v) is 6.17. The molecule has 0 atom stereocenters. The zero-order valence-corrected chi connectivity index (χ0v) is 12.6. The van der Waals surface area contributed by atoms with Crippen LogP contribution in [0, 0.1) is 0 Å². The zero-order valence-electron chi connectivity index (χ0n) is 11.0. The molecule has 1 amide bonds. The number of rotatable bonds is 8. The minimum absolute atomic E-state index is 0.0248. The van der Waals surface area contributed by atoms with Crippen molar-refractivity contribution in [3.8, 4) is 0 Å². The molecule has 1 aromatic heterocycles. The Bertz CT molecular complexity index is 577. The maximum Gasteiger partial charge on any atom is 0.242 e. The lowest BCUT2D eigenvalue weighted by Crippen LogP contribution is -2.26. The average Bonchev–Trinajstić information content (AvgIpc) is 2.37. The first-order chi connectivity index (χ1) is 9.36. The van der Waals surface area contributed by atoms with Gasteiger partial charge in [0.1, 0.15) is 10.7 Å². The highest BCUT2D eigenvalue weighted by Crippen LogP contribution is 2.22. The van der Waals surface area contributed by atoms with E-state index in [9.17, 15) is 13.2 Å². The van der Waals surface area contributed by atoms with Crippen LogP contribution in [0.1, 0.15) is 19.8 Å². The van der Waals surface area contributed by atoms with E-state index >= 15 is 0 Å². The minimum Gasteiger partial charge on any atom is -0.370 e. The fourth-order valence-corrected chi connectivity index (χ4v) is 2.76. The largest absolute Gasteiger partial charge is 0.370 e. The van der Waals surface area contributed by atoms with Crippen molar-refractivity contribution in [2.75, 3.05) is 18.4 Å². The van der Waals surface area contributed by atoms with Crippen LogP contribution in [0.2, 0.25) is 5.02 Å². The number of nitrogens with two attached hydrogens (primary N) is 1. The van der Waals surface area contributed by atoms with Crippen molar-refractivity contribution in [1.82, 2.24) is 9.71 Å². The first-order valence-corrected chi connectivity index (χ1v) is 7.90. The summed E-state index contributed by atoms with van der Waals surface area (Å²) >= 11 is 5.94. The maximum absolute atomic E-state index is 12.0. The molecule has 0 aliphatic carbocycles. The van der Waals surface area contributed by atoms with Crippen molar-refractivity contribution in [2.45, 2.75) is 24.7 Å². The molecule has 20 heavy (non-hydrogen) atoms. The maximum atomic E-state index is 12.0. The van der Waals surface area contributed by atoms with E-state index < -0.39 is 15.9 Å². The van der Waals surface area contributed by atoms with E-state index in [2.05, 4.69) is 15.0 Å². The molecule has 0 radical (unpaired) electrons. The van der Waals surface area contributed by atoms with Crippen LogP contribution in [0.15, 0.2) is 17.2 Å². The number of hydrogen-bond donors (Lipinski definition) is 3. The van der Waals surface area contributed by atoms with E-state index in [1.54, 1.807) is 0 Å². The number of carbonyl (C=O) groups excluding carboxylic acids is 1. The number of halogens is 1. The van der Waals surface area contributed by atoms with E-state index in [0.717, 1.165) is 0 Å². The number of aromatic nitrogens is 1. The quantitative estimate of drug-likeness (QED) is 0.610. The van der Waals surface area contributed by atoms with Gasteiger partial charge in [-0.2, -0.15) is 0 Å². The lowest BCUT2D eigenvalue weighted by Gasteiger charge is -2.09. The summed E-state index contributed by atoms with van der Waals surface area (Å²) in [6.07, 6.45) is 1.69. The highest BCUT2D eigenvalue weighted by atomic mass is 35.5. The van der Waals surface area contributed by atoms with Gasteiger partial charge < -0.3 is 11.1 Å². The van der Waals surface area contributed by atoms with Crippen LogP contribution in [-0.4, -0.2) is 32.4 Å². The van der Waals surface area contributed by atoms with Crippen molar-refractivity contribution in [1.29, 1.82) is 0 Å². The first-order valence-electron chi connectivity index (χ1n) is 6.04. The third-order valence-corrected chi connectivity index (χ3v) is 4.08. The Morgan fingerprint density at radius 1 is 1.50 bits per heavy atom. The smallest absolute Gasteiger partial charge is 0.242 e. The molecular weight excluding hydrogens is 304 g/mol. The van der Waals surface area contributed by atoms with Crippen molar-refractivity contribution < 1.29 is 13.2 Å². The molecule has 0 spiro atoms. The molecule has 0 aliphatic heterocycles. The second-order valence-electron chi connectivity index (χ2n) is 4.00. The van der Waals surface area contributed by atoms with Crippen molar-refractivity contribution in [2.24, 2.45) is 5.73 Å². The monoisotopic (exact) mass is 320 g/mol. The van der Waals surface area contributed by atoms with E-state index in [1.807, 2.05) is 6.92 Å². The summed E-state index contributed by atoms with van der Waals surface area (Å²) in [4.78, 5) is 14.5. The second kappa shape index (κ2) is 7.41. The SMILES string of the molecule is CCNc1ncc(S(=O)(=O)NCCCC(N)=O)cc1Cl. The number of hydrogen-bond acceptors (Lipinski definition) is 5. The summed E-state index contributed by atoms with van der Waals surface area (Å²) in [6.45, 7) is 2.63. The average molecular weight is 321 g/mol. The standard InChI is InChI=1S/C11H17ClN4O3S/c1-2-14-11-9(12)6-8(7-15-11)20(18,19)16-5-3-4-10(13)17/h6-7,16H,2-5H2,1H3,(H2,13,17)(H,14,15). The molecule has 0 fully saturated rings. The number of sulfonamides is 1. The van der Waals surface area contributed by atoms with Crippen LogP contribution in [0.3, 0.4) is 0 Å².